The fourth-order valence-electron chi connectivity index (χ4n) is 2.73. The van der Waals surface area contributed by atoms with E-state index in [1.807, 2.05) is 18.2 Å². The van der Waals surface area contributed by atoms with E-state index < -0.39 is 0 Å². The SMILES string of the molecule is C=CCC[C@@H](c1ccc(O)c(OC)c1)N1CCNCC1. The number of phenols is 1. The highest BCUT2D eigenvalue weighted by Gasteiger charge is 2.22. The lowest BCUT2D eigenvalue weighted by atomic mass is 9.99. The van der Waals surface area contributed by atoms with Crippen LogP contribution in [-0.4, -0.2) is 43.3 Å². The molecule has 4 nitrogen and oxygen atoms in total. The maximum absolute atomic E-state index is 9.74. The highest BCUT2D eigenvalue weighted by Crippen LogP contribution is 2.33. The fraction of sp³-hybridized carbons (Fsp3) is 0.500. The van der Waals surface area contributed by atoms with Crippen LogP contribution in [0, 0.1) is 0 Å². The first-order valence-electron chi connectivity index (χ1n) is 7.19. The predicted octanol–water partition coefficient (Wildman–Crippen LogP) is 2.31. The van der Waals surface area contributed by atoms with E-state index in [0.29, 0.717) is 11.8 Å². The van der Waals surface area contributed by atoms with Crippen LogP contribution in [0.3, 0.4) is 0 Å². The molecule has 0 spiro atoms. The zero-order chi connectivity index (χ0) is 14.4. The average molecular weight is 276 g/mol. The minimum Gasteiger partial charge on any atom is -0.504 e. The van der Waals surface area contributed by atoms with Crippen molar-refractivity contribution < 1.29 is 9.84 Å². The van der Waals surface area contributed by atoms with E-state index in [0.717, 1.165) is 39.0 Å². The zero-order valence-electron chi connectivity index (χ0n) is 12.1. The molecule has 1 saturated heterocycles. The van der Waals surface area contributed by atoms with Gasteiger partial charge >= 0.3 is 0 Å². The summed E-state index contributed by atoms with van der Waals surface area (Å²) in [5, 5.41) is 13.1. The lowest BCUT2D eigenvalue weighted by molar-refractivity contribution is 0.166. The maximum Gasteiger partial charge on any atom is 0.160 e. The first-order valence-corrected chi connectivity index (χ1v) is 7.19. The van der Waals surface area contributed by atoms with Gasteiger partial charge in [-0.3, -0.25) is 4.90 Å². The fourth-order valence-corrected chi connectivity index (χ4v) is 2.73. The third-order valence-corrected chi connectivity index (χ3v) is 3.83. The zero-order valence-corrected chi connectivity index (χ0v) is 12.1. The molecule has 0 amide bonds. The second-order valence-electron chi connectivity index (χ2n) is 5.10. The quantitative estimate of drug-likeness (QED) is 0.783. The summed E-state index contributed by atoms with van der Waals surface area (Å²) in [4.78, 5) is 2.49. The van der Waals surface area contributed by atoms with Crippen molar-refractivity contribution in [1.82, 2.24) is 10.2 Å². The minimum absolute atomic E-state index is 0.194. The van der Waals surface area contributed by atoms with Crippen molar-refractivity contribution >= 4 is 0 Å². The first kappa shape index (κ1) is 14.9. The molecule has 1 aromatic rings. The normalized spacial score (nSPS) is 17.6. The van der Waals surface area contributed by atoms with Crippen molar-refractivity contribution in [3.8, 4) is 11.5 Å². The summed E-state index contributed by atoms with van der Waals surface area (Å²) in [6, 6.07) is 6.01. The summed E-state index contributed by atoms with van der Waals surface area (Å²) in [5.41, 5.74) is 1.20. The Kier molecular flexibility index (Phi) is 5.44. The molecule has 0 unspecified atom stereocenters. The van der Waals surface area contributed by atoms with E-state index in [4.69, 9.17) is 4.74 Å². The lowest BCUT2D eigenvalue weighted by Gasteiger charge is -2.35. The molecule has 4 heteroatoms. The summed E-state index contributed by atoms with van der Waals surface area (Å²) in [6.45, 7) is 7.97. The molecule has 1 aliphatic heterocycles. The topological polar surface area (TPSA) is 44.7 Å². The van der Waals surface area contributed by atoms with Crippen LogP contribution in [0.4, 0.5) is 0 Å². The minimum atomic E-state index is 0.194. The van der Waals surface area contributed by atoms with E-state index in [1.54, 1.807) is 13.2 Å². The van der Waals surface area contributed by atoms with Crippen LogP contribution in [0.5, 0.6) is 11.5 Å². The van der Waals surface area contributed by atoms with Gasteiger partial charge in [0.15, 0.2) is 11.5 Å². The molecule has 0 radical (unpaired) electrons. The summed E-state index contributed by atoms with van der Waals surface area (Å²) >= 11 is 0. The number of piperazine rings is 1. The molecule has 1 aromatic carbocycles. The van der Waals surface area contributed by atoms with Crippen LogP contribution in [0.1, 0.15) is 24.4 Å². The van der Waals surface area contributed by atoms with Gasteiger partial charge in [0.2, 0.25) is 0 Å². The van der Waals surface area contributed by atoms with Crippen molar-refractivity contribution in [2.75, 3.05) is 33.3 Å². The van der Waals surface area contributed by atoms with Gasteiger partial charge in [-0.25, -0.2) is 0 Å². The van der Waals surface area contributed by atoms with E-state index in [2.05, 4.69) is 16.8 Å². The van der Waals surface area contributed by atoms with Gasteiger partial charge in [0.05, 0.1) is 7.11 Å². The molecule has 1 aliphatic rings. The number of rotatable bonds is 6. The van der Waals surface area contributed by atoms with Gasteiger partial charge in [0.1, 0.15) is 0 Å². The number of hydrogen-bond acceptors (Lipinski definition) is 4. The Hall–Kier alpha value is -1.52. The number of hydrogen-bond donors (Lipinski definition) is 2. The molecule has 20 heavy (non-hydrogen) atoms. The number of aromatic hydroxyl groups is 1. The van der Waals surface area contributed by atoms with Crippen LogP contribution < -0.4 is 10.1 Å². The Morgan fingerprint density at radius 1 is 1.45 bits per heavy atom. The summed E-state index contributed by atoms with van der Waals surface area (Å²) in [6.07, 6.45) is 3.99. The summed E-state index contributed by atoms with van der Waals surface area (Å²) < 4.78 is 5.23. The largest absolute Gasteiger partial charge is 0.504 e. The number of ether oxygens (including phenoxy) is 1. The number of benzene rings is 1. The second-order valence-corrected chi connectivity index (χ2v) is 5.10. The van der Waals surface area contributed by atoms with Crippen molar-refractivity contribution in [2.45, 2.75) is 18.9 Å². The molecule has 0 aromatic heterocycles. The average Bonchev–Trinajstić information content (AvgIpc) is 2.50. The third kappa shape index (κ3) is 3.52. The number of phenolic OH excluding ortho intramolecular Hbond substituents is 1. The molecule has 1 atom stereocenters. The molecule has 2 rings (SSSR count). The standard InChI is InChI=1S/C16H24N2O2/c1-3-4-5-14(18-10-8-17-9-11-18)13-6-7-15(19)16(12-13)20-2/h3,6-7,12,14,17,19H,1,4-5,8-11H2,2H3/t14-/m0/s1. The molecule has 1 heterocycles. The number of allylic oxidation sites excluding steroid dienone is 1. The van der Waals surface area contributed by atoms with Gasteiger partial charge in [-0.2, -0.15) is 0 Å². The van der Waals surface area contributed by atoms with E-state index in [-0.39, 0.29) is 5.75 Å². The van der Waals surface area contributed by atoms with Crippen LogP contribution in [0.25, 0.3) is 0 Å². The monoisotopic (exact) mass is 276 g/mol. The molecule has 1 fully saturated rings. The van der Waals surface area contributed by atoms with E-state index >= 15 is 0 Å². The van der Waals surface area contributed by atoms with Crippen LogP contribution in [-0.2, 0) is 0 Å². The van der Waals surface area contributed by atoms with Gasteiger partial charge in [0, 0.05) is 32.2 Å². The Morgan fingerprint density at radius 3 is 2.85 bits per heavy atom. The highest BCUT2D eigenvalue weighted by atomic mass is 16.5. The molecule has 2 N–H and O–H groups in total. The van der Waals surface area contributed by atoms with E-state index in [9.17, 15) is 5.11 Å². The first-order chi connectivity index (χ1) is 9.76. The molecule has 0 bridgehead atoms. The maximum atomic E-state index is 9.74. The van der Waals surface area contributed by atoms with Crippen LogP contribution in [0.2, 0.25) is 0 Å². The predicted molar refractivity (Wildman–Crippen MR) is 81.3 cm³/mol. The summed E-state index contributed by atoms with van der Waals surface area (Å²) in [5.74, 6) is 0.736. The third-order valence-electron chi connectivity index (χ3n) is 3.83. The van der Waals surface area contributed by atoms with Gasteiger partial charge in [0.25, 0.3) is 0 Å². The van der Waals surface area contributed by atoms with Gasteiger partial charge in [-0.1, -0.05) is 12.1 Å². The Balaban J connectivity index is 2.22. The van der Waals surface area contributed by atoms with Gasteiger partial charge in [-0.05, 0) is 30.5 Å². The van der Waals surface area contributed by atoms with Crippen molar-refractivity contribution in [3.63, 3.8) is 0 Å². The molecule has 0 aliphatic carbocycles. The number of nitrogens with zero attached hydrogens (tertiary/aromatic N) is 1. The number of nitrogens with one attached hydrogen (secondary N) is 1. The molecule has 110 valence electrons. The Labute approximate surface area is 121 Å². The number of methoxy groups -OCH3 is 1. The van der Waals surface area contributed by atoms with Crippen molar-refractivity contribution in [1.29, 1.82) is 0 Å². The van der Waals surface area contributed by atoms with Crippen molar-refractivity contribution in [3.05, 3.63) is 36.4 Å². The van der Waals surface area contributed by atoms with Crippen LogP contribution in [0.15, 0.2) is 30.9 Å². The lowest BCUT2D eigenvalue weighted by Crippen LogP contribution is -2.45. The van der Waals surface area contributed by atoms with Gasteiger partial charge < -0.3 is 15.2 Å². The molecule has 0 saturated carbocycles. The smallest absolute Gasteiger partial charge is 0.160 e. The highest BCUT2D eigenvalue weighted by molar-refractivity contribution is 5.42. The second kappa shape index (κ2) is 7.31. The van der Waals surface area contributed by atoms with Crippen LogP contribution >= 0.6 is 0 Å². The molecular formula is C16H24N2O2. The van der Waals surface area contributed by atoms with E-state index in [1.165, 1.54) is 5.56 Å². The summed E-state index contributed by atoms with van der Waals surface area (Å²) in [7, 11) is 1.59. The van der Waals surface area contributed by atoms with Gasteiger partial charge in [-0.15, -0.1) is 6.58 Å². The Bertz CT molecular complexity index is 442. The Morgan fingerprint density at radius 2 is 2.20 bits per heavy atom. The molecular weight excluding hydrogens is 252 g/mol. The van der Waals surface area contributed by atoms with Crippen molar-refractivity contribution in [2.24, 2.45) is 0 Å².